The molecule has 1 N–H and O–H groups in total. The topological polar surface area (TPSA) is 29.5 Å². The summed E-state index contributed by atoms with van der Waals surface area (Å²) in [6.07, 6.45) is -0.657. The van der Waals surface area contributed by atoms with E-state index in [0.29, 0.717) is 16.5 Å². The second-order valence-electron chi connectivity index (χ2n) is 3.83. The quantitative estimate of drug-likeness (QED) is 0.817. The normalized spacial score (nSPS) is 12.7. The molecule has 1 aromatic carbocycles. The molecule has 1 unspecified atom stereocenters. The fraction of sp³-hybridized carbons (Fsp3) is 0.500. The van der Waals surface area contributed by atoms with E-state index < -0.39 is 6.10 Å². The van der Waals surface area contributed by atoms with E-state index in [2.05, 4.69) is 12.6 Å². The highest BCUT2D eigenvalue weighted by Crippen LogP contribution is 2.39. The van der Waals surface area contributed by atoms with Crippen molar-refractivity contribution >= 4 is 24.2 Å². The highest BCUT2D eigenvalue weighted by molar-refractivity contribution is 7.80. The van der Waals surface area contributed by atoms with E-state index >= 15 is 0 Å². The van der Waals surface area contributed by atoms with Gasteiger partial charge in [0.1, 0.15) is 5.75 Å². The van der Waals surface area contributed by atoms with E-state index in [9.17, 15) is 5.11 Å². The smallest absolute Gasteiger partial charge is 0.128 e. The average molecular weight is 261 g/mol. The molecule has 0 radical (unpaired) electrons. The molecular formula is C12H17ClO2S. The highest BCUT2D eigenvalue weighted by Gasteiger charge is 2.21. The lowest BCUT2D eigenvalue weighted by atomic mass is 9.96. The van der Waals surface area contributed by atoms with E-state index in [0.717, 1.165) is 22.3 Å². The van der Waals surface area contributed by atoms with Crippen LogP contribution in [0.3, 0.4) is 0 Å². The number of aliphatic hydroxyl groups is 1. The van der Waals surface area contributed by atoms with Gasteiger partial charge in [0, 0.05) is 16.3 Å². The van der Waals surface area contributed by atoms with Crippen molar-refractivity contribution in [3.63, 3.8) is 0 Å². The van der Waals surface area contributed by atoms with Crippen molar-refractivity contribution in [1.29, 1.82) is 0 Å². The molecule has 0 saturated heterocycles. The Kier molecular flexibility index (Phi) is 4.53. The van der Waals surface area contributed by atoms with Crippen LogP contribution in [0.25, 0.3) is 0 Å². The third-order valence-electron chi connectivity index (χ3n) is 2.92. The Morgan fingerprint density at radius 3 is 2.25 bits per heavy atom. The molecule has 0 aromatic heterocycles. The summed E-state index contributed by atoms with van der Waals surface area (Å²) < 4.78 is 5.36. The Labute approximate surface area is 107 Å². The summed E-state index contributed by atoms with van der Waals surface area (Å²) in [6, 6.07) is 0. The maximum Gasteiger partial charge on any atom is 0.128 e. The maximum atomic E-state index is 9.95. The van der Waals surface area contributed by atoms with Crippen molar-refractivity contribution in [3.05, 3.63) is 27.3 Å². The van der Waals surface area contributed by atoms with Gasteiger partial charge in [0.15, 0.2) is 0 Å². The number of halogens is 1. The minimum Gasteiger partial charge on any atom is -0.496 e. The van der Waals surface area contributed by atoms with Gasteiger partial charge in [-0.25, -0.2) is 0 Å². The number of ether oxygens (including phenoxy) is 1. The number of aliphatic hydroxyl groups excluding tert-OH is 1. The van der Waals surface area contributed by atoms with Gasteiger partial charge in [-0.1, -0.05) is 11.6 Å². The molecule has 1 aromatic rings. The number of benzene rings is 1. The SMILES string of the molecule is COc1c(C)c(C)c(Cl)c(C)c1C(O)CS. The summed E-state index contributed by atoms with van der Waals surface area (Å²) in [5.74, 6) is 1.05. The molecule has 4 heteroatoms. The molecule has 0 saturated carbocycles. The van der Waals surface area contributed by atoms with Crippen LogP contribution in [0.1, 0.15) is 28.4 Å². The summed E-state index contributed by atoms with van der Waals surface area (Å²) >= 11 is 10.3. The van der Waals surface area contributed by atoms with Gasteiger partial charge >= 0.3 is 0 Å². The minimum atomic E-state index is -0.657. The van der Waals surface area contributed by atoms with Gasteiger partial charge in [-0.05, 0) is 37.5 Å². The predicted octanol–water partition coefficient (Wildman–Crippen LogP) is 3.24. The van der Waals surface area contributed by atoms with Gasteiger partial charge < -0.3 is 9.84 Å². The van der Waals surface area contributed by atoms with Crippen LogP contribution in [-0.2, 0) is 0 Å². The minimum absolute atomic E-state index is 0.343. The van der Waals surface area contributed by atoms with Crippen LogP contribution in [0.4, 0.5) is 0 Å². The second kappa shape index (κ2) is 5.30. The van der Waals surface area contributed by atoms with Crippen LogP contribution >= 0.6 is 24.2 Å². The van der Waals surface area contributed by atoms with Gasteiger partial charge in [0.25, 0.3) is 0 Å². The molecule has 0 aliphatic rings. The largest absolute Gasteiger partial charge is 0.496 e. The summed E-state index contributed by atoms with van der Waals surface area (Å²) in [5.41, 5.74) is 3.56. The van der Waals surface area contributed by atoms with Crippen LogP contribution in [0.5, 0.6) is 5.75 Å². The lowest BCUT2D eigenvalue weighted by molar-refractivity contribution is 0.198. The molecular weight excluding hydrogens is 244 g/mol. The molecule has 0 fully saturated rings. The molecule has 16 heavy (non-hydrogen) atoms. The molecule has 0 spiro atoms. The zero-order valence-electron chi connectivity index (χ0n) is 9.97. The van der Waals surface area contributed by atoms with E-state index in [1.165, 1.54) is 0 Å². The van der Waals surface area contributed by atoms with E-state index in [1.54, 1.807) is 7.11 Å². The molecule has 0 amide bonds. The van der Waals surface area contributed by atoms with E-state index in [4.69, 9.17) is 16.3 Å². The van der Waals surface area contributed by atoms with Crippen molar-refractivity contribution in [2.24, 2.45) is 0 Å². The predicted molar refractivity (Wildman–Crippen MR) is 71.0 cm³/mol. The first kappa shape index (κ1) is 13.7. The standard InChI is InChI=1S/C12H17ClO2S/c1-6-7(2)12(15-4)10(9(14)5-16)8(3)11(6)13/h9,14,16H,5H2,1-4H3. The van der Waals surface area contributed by atoms with Crippen LogP contribution < -0.4 is 4.74 Å². The lowest BCUT2D eigenvalue weighted by Crippen LogP contribution is -2.08. The van der Waals surface area contributed by atoms with E-state index in [-0.39, 0.29) is 0 Å². The molecule has 1 rings (SSSR count). The van der Waals surface area contributed by atoms with Gasteiger partial charge in [-0.3, -0.25) is 0 Å². The van der Waals surface area contributed by atoms with Gasteiger partial charge in [-0.15, -0.1) is 0 Å². The van der Waals surface area contributed by atoms with Crippen molar-refractivity contribution < 1.29 is 9.84 Å². The number of rotatable bonds is 3. The molecule has 1 atom stereocenters. The Balaban J connectivity index is 3.57. The van der Waals surface area contributed by atoms with Crippen LogP contribution in [0, 0.1) is 20.8 Å². The van der Waals surface area contributed by atoms with Crippen LogP contribution in [-0.4, -0.2) is 18.0 Å². The summed E-state index contributed by atoms with van der Waals surface area (Å²) in [6.45, 7) is 5.78. The lowest BCUT2D eigenvalue weighted by Gasteiger charge is -2.21. The Hall–Kier alpha value is -0.380. The van der Waals surface area contributed by atoms with Gasteiger partial charge in [0.05, 0.1) is 13.2 Å². The molecule has 2 nitrogen and oxygen atoms in total. The first-order chi connectivity index (χ1) is 7.45. The van der Waals surface area contributed by atoms with Crippen molar-refractivity contribution in [3.8, 4) is 5.75 Å². The molecule has 90 valence electrons. The summed E-state index contributed by atoms with van der Waals surface area (Å²) in [4.78, 5) is 0. The Morgan fingerprint density at radius 2 is 1.81 bits per heavy atom. The molecule has 0 heterocycles. The monoisotopic (exact) mass is 260 g/mol. The average Bonchev–Trinajstić information content (AvgIpc) is 2.29. The third kappa shape index (κ3) is 2.17. The van der Waals surface area contributed by atoms with Crippen molar-refractivity contribution in [2.45, 2.75) is 26.9 Å². The Morgan fingerprint density at radius 1 is 1.25 bits per heavy atom. The van der Waals surface area contributed by atoms with Gasteiger partial charge in [0.2, 0.25) is 0 Å². The summed E-state index contributed by atoms with van der Waals surface area (Å²) in [5, 5.41) is 10.6. The zero-order valence-corrected chi connectivity index (χ0v) is 11.6. The Bertz CT molecular complexity index is 405. The molecule has 0 aliphatic heterocycles. The number of methoxy groups -OCH3 is 1. The van der Waals surface area contributed by atoms with Crippen LogP contribution in [0.15, 0.2) is 0 Å². The first-order valence-electron chi connectivity index (χ1n) is 5.07. The van der Waals surface area contributed by atoms with Crippen LogP contribution in [0.2, 0.25) is 5.02 Å². The van der Waals surface area contributed by atoms with Crippen molar-refractivity contribution in [2.75, 3.05) is 12.9 Å². The fourth-order valence-electron chi connectivity index (χ4n) is 1.86. The second-order valence-corrected chi connectivity index (χ2v) is 4.58. The van der Waals surface area contributed by atoms with Crippen molar-refractivity contribution in [1.82, 2.24) is 0 Å². The number of hydrogen-bond donors (Lipinski definition) is 2. The fourth-order valence-corrected chi connectivity index (χ4v) is 2.29. The highest BCUT2D eigenvalue weighted by atomic mass is 35.5. The molecule has 0 aliphatic carbocycles. The summed E-state index contributed by atoms with van der Waals surface area (Å²) in [7, 11) is 1.60. The zero-order chi connectivity index (χ0) is 12.5. The first-order valence-corrected chi connectivity index (χ1v) is 6.08. The third-order valence-corrected chi connectivity index (χ3v) is 3.83. The van der Waals surface area contributed by atoms with E-state index in [1.807, 2.05) is 20.8 Å². The van der Waals surface area contributed by atoms with Gasteiger partial charge in [-0.2, -0.15) is 12.6 Å². The number of hydrogen-bond acceptors (Lipinski definition) is 3. The maximum absolute atomic E-state index is 9.95. The molecule has 0 bridgehead atoms. The number of thiol groups is 1.